The van der Waals surface area contributed by atoms with Crippen molar-refractivity contribution >= 4 is 40.2 Å². The number of esters is 1. The number of hydrogen-bond acceptors (Lipinski definition) is 5. The maximum Gasteiger partial charge on any atom is 0.348 e. The number of fused-ring (bicyclic) bond motifs is 1. The molecular weight excluding hydrogens is 408 g/mol. The number of thiophene rings is 1. The van der Waals surface area contributed by atoms with E-state index in [0.717, 1.165) is 46.0 Å². The summed E-state index contributed by atoms with van der Waals surface area (Å²) in [6.45, 7) is 2.07. The van der Waals surface area contributed by atoms with Gasteiger partial charge in [0.2, 0.25) is 6.41 Å². The molecule has 0 N–H and O–H groups in total. The zero-order chi connectivity index (χ0) is 21.8. The van der Waals surface area contributed by atoms with Gasteiger partial charge in [0.05, 0.1) is 13.2 Å². The van der Waals surface area contributed by atoms with Gasteiger partial charge in [0.1, 0.15) is 4.88 Å². The second-order valence-corrected chi connectivity index (χ2v) is 8.07. The molecule has 2 aromatic heterocycles. The van der Waals surface area contributed by atoms with E-state index in [4.69, 9.17) is 4.74 Å². The molecule has 6 heteroatoms. The summed E-state index contributed by atoms with van der Waals surface area (Å²) >= 11 is 1.36. The average Bonchev–Trinajstić information content (AvgIpc) is 3.32. The first-order chi connectivity index (χ1) is 15.1. The van der Waals surface area contributed by atoms with Crippen LogP contribution in [-0.2, 0) is 9.53 Å². The molecule has 0 aliphatic rings. The molecule has 1 unspecified atom stereocenters. The third kappa shape index (κ3) is 4.20. The zero-order valence-electron chi connectivity index (χ0n) is 17.3. The molecule has 2 aromatic carbocycles. The number of pyridine rings is 1. The van der Waals surface area contributed by atoms with E-state index in [1.54, 1.807) is 11.1 Å². The molecule has 0 radical (unpaired) electrons. The number of hydrogen-bond donors (Lipinski definition) is 0. The fourth-order valence-electron chi connectivity index (χ4n) is 3.76. The summed E-state index contributed by atoms with van der Waals surface area (Å²) in [5.41, 5.74) is 3.83. The molecule has 1 amide bonds. The second-order valence-electron chi connectivity index (χ2n) is 7.16. The van der Waals surface area contributed by atoms with Crippen molar-refractivity contribution in [3.8, 4) is 11.1 Å². The van der Waals surface area contributed by atoms with E-state index in [1.165, 1.54) is 18.4 Å². The molecule has 1 atom stereocenters. The van der Waals surface area contributed by atoms with Crippen LogP contribution in [0.2, 0.25) is 0 Å². The third-order valence-electron chi connectivity index (χ3n) is 5.35. The SMILES string of the molecule is CCC(c1cccc(-c2csc(C(=O)OC)c2)c1)N(C=O)c1ccc2cnccc2c1. The van der Waals surface area contributed by atoms with Crippen LogP contribution in [0.4, 0.5) is 5.69 Å². The molecule has 31 heavy (non-hydrogen) atoms. The van der Waals surface area contributed by atoms with E-state index in [1.807, 2.05) is 60.1 Å². The molecule has 0 spiro atoms. The number of carbonyl (C=O) groups is 2. The Balaban J connectivity index is 1.69. The Morgan fingerprint density at radius 1 is 1.13 bits per heavy atom. The predicted molar refractivity (Wildman–Crippen MR) is 124 cm³/mol. The van der Waals surface area contributed by atoms with Crippen molar-refractivity contribution in [1.29, 1.82) is 0 Å². The Morgan fingerprint density at radius 2 is 2.00 bits per heavy atom. The number of nitrogens with zero attached hydrogens (tertiary/aromatic N) is 2. The molecule has 0 aliphatic carbocycles. The van der Waals surface area contributed by atoms with Gasteiger partial charge >= 0.3 is 5.97 Å². The van der Waals surface area contributed by atoms with Crippen molar-refractivity contribution in [2.75, 3.05) is 12.0 Å². The van der Waals surface area contributed by atoms with Crippen LogP contribution >= 0.6 is 11.3 Å². The summed E-state index contributed by atoms with van der Waals surface area (Å²) < 4.78 is 4.81. The Hall–Kier alpha value is -3.51. The lowest BCUT2D eigenvalue weighted by Crippen LogP contribution is -2.26. The van der Waals surface area contributed by atoms with Gasteiger partial charge in [-0.05, 0) is 64.2 Å². The van der Waals surface area contributed by atoms with Gasteiger partial charge in [-0.1, -0.05) is 31.2 Å². The van der Waals surface area contributed by atoms with Crippen LogP contribution in [0, 0.1) is 0 Å². The van der Waals surface area contributed by atoms with Gasteiger partial charge in [-0.25, -0.2) is 4.79 Å². The maximum absolute atomic E-state index is 12.1. The number of ether oxygens (including phenoxy) is 1. The highest BCUT2D eigenvalue weighted by Gasteiger charge is 2.20. The van der Waals surface area contributed by atoms with Gasteiger partial charge in [-0.15, -0.1) is 11.3 Å². The van der Waals surface area contributed by atoms with Gasteiger partial charge in [-0.2, -0.15) is 0 Å². The van der Waals surface area contributed by atoms with Gasteiger partial charge in [0.15, 0.2) is 0 Å². The number of aromatic nitrogens is 1. The first-order valence-corrected chi connectivity index (χ1v) is 10.9. The summed E-state index contributed by atoms with van der Waals surface area (Å²) in [6.07, 6.45) is 5.22. The van der Waals surface area contributed by atoms with E-state index in [-0.39, 0.29) is 12.0 Å². The third-order valence-corrected chi connectivity index (χ3v) is 6.26. The highest BCUT2D eigenvalue weighted by Crippen LogP contribution is 2.33. The van der Waals surface area contributed by atoms with Crippen molar-refractivity contribution in [2.45, 2.75) is 19.4 Å². The van der Waals surface area contributed by atoms with E-state index in [9.17, 15) is 9.59 Å². The minimum Gasteiger partial charge on any atom is -0.465 e. The highest BCUT2D eigenvalue weighted by molar-refractivity contribution is 7.12. The molecule has 5 nitrogen and oxygen atoms in total. The van der Waals surface area contributed by atoms with Crippen molar-refractivity contribution in [2.24, 2.45) is 0 Å². The molecule has 4 aromatic rings. The molecular formula is C25H22N2O3S. The van der Waals surface area contributed by atoms with Crippen LogP contribution in [0.3, 0.4) is 0 Å². The van der Waals surface area contributed by atoms with Crippen molar-refractivity contribution in [1.82, 2.24) is 4.98 Å². The molecule has 0 aliphatic heterocycles. The van der Waals surface area contributed by atoms with Crippen LogP contribution in [0.25, 0.3) is 21.9 Å². The highest BCUT2D eigenvalue weighted by atomic mass is 32.1. The summed E-state index contributed by atoms with van der Waals surface area (Å²) in [4.78, 5) is 30.4. The van der Waals surface area contributed by atoms with E-state index in [0.29, 0.717) is 4.88 Å². The first-order valence-electron chi connectivity index (χ1n) is 9.99. The number of anilines is 1. The number of amides is 1. The van der Waals surface area contributed by atoms with Crippen molar-refractivity contribution in [3.63, 3.8) is 0 Å². The average molecular weight is 431 g/mol. The summed E-state index contributed by atoms with van der Waals surface area (Å²) in [5, 5.41) is 4.02. The standard InChI is InChI=1S/C25H22N2O3S/c1-3-23(27(16-28)22-8-7-20-14-26-10-9-18(20)12-22)19-6-4-5-17(11-19)21-13-24(31-15-21)25(29)30-2/h4-16,23H,3H2,1-2H3. The Morgan fingerprint density at radius 3 is 2.77 bits per heavy atom. The smallest absolute Gasteiger partial charge is 0.348 e. The number of benzene rings is 2. The molecule has 0 saturated carbocycles. The summed E-state index contributed by atoms with van der Waals surface area (Å²) in [5.74, 6) is -0.336. The predicted octanol–water partition coefficient (Wildman–Crippen LogP) is 5.86. The summed E-state index contributed by atoms with van der Waals surface area (Å²) in [6, 6.07) is 17.7. The van der Waals surface area contributed by atoms with Crippen LogP contribution in [0.1, 0.15) is 34.6 Å². The van der Waals surface area contributed by atoms with Crippen molar-refractivity contribution < 1.29 is 14.3 Å². The fourth-order valence-corrected chi connectivity index (χ4v) is 4.59. The minimum atomic E-state index is -0.336. The Bertz CT molecular complexity index is 1230. The number of carbonyl (C=O) groups excluding carboxylic acids is 2. The largest absolute Gasteiger partial charge is 0.465 e. The lowest BCUT2D eigenvalue weighted by Gasteiger charge is -2.28. The molecule has 4 rings (SSSR count). The first kappa shape index (κ1) is 20.8. The molecule has 2 heterocycles. The van der Waals surface area contributed by atoms with Crippen LogP contribution in [0.15, 0.2) is 72.4 Å². The van der Waals surface area contributed by atoms with Crippen molar-refractivity contribution in [3.05, 3.63) is 82.8 Å². The minimum absolute atomic E-state index is 0.115. The Kier molecular flexibility index (Phi) is 6.09. The quantitative estimate of drug-likeness (QED) is 0.272. The second kappa shape index (κ2) is 9.10. The number of methoxy groups -OCH3 is 1. The molecule has 0 fully saturated rings. The topological polar surface area (TPSA) is 59.5 Å². The monoisotopic (exact) mass is 430 g/mol. The molecule has 0 bridgehead atoms. The van der Waals surface area contributed by atoms with Crippen LogP contribution in [-0.4, -0.2) is 24.5 Å². The number of rotatable bonds is 7. The zero-order valence-corrected chi connectivity index (χ0v) is 18.1. The fraction of sp³-hybridized carbons (Fsp3) is 0.160. The Labute approximate surface area is 184 Å². The summed E-state index contributed by atoms with van der Waals surface area (Å²) in [7, 11) is 1.38. The van der Waals surface area contributed by atoms with Gasteiger partial charge < -0.3 is 9.64 Å². The van der Waals surface area contributed by atoms with E-state index in [2.05, 4.69) is 18.0 Å². The lowest BCUT2D eigenvalue weighted by atomic mass is 9.97. The normalized spacial score (nSPS) is 11.8. The molecule has 156 valence electrons. The maximum atomic E-state index is 12.1. The van der Waals surface area contributed by atoms with E-state index >= 15 is 0 Å². The van der Waals surface area contributed by atoms with Gasteiger partial charge in [0, 0.05) is 23.5 Å². The van der Waals surface area contributed by atoms with E-state index < -0.39 is 0 Å². The van der Waals surface area contributed by atoms with Crippen LogP contribution < -0.4 is 4.90 Å². The van der Waals surface area contributed by atoms with Crippen LogP contribution in [0.5, 0.6) is 0 Å². The molecule has 0 saturated heterocycles. The lowest BCUT2D eigenvalue weighted by molar-refractivity contribution is -0.107. The van der Waals surface area contributed by atoms with Gasteiger partial charge in [-0.3, -0.25) is 9.78 Å². The van der Waals surface area contributed by atoms with Gasteiger partial charge in [0.25, 0.3) is 0 Å².